The van der Waals surface area contributed by atoms with Crippen molar-refractivity contribution in [3.05, 3.63) is 28.5 Å². The molecule has 2 rings (SSSR count). The summed E-state index contributed by atoms with van der Waals surface area (Å²) in [4.78, 5) is 4.24. The summed E-state index contributed by atoms with van der Waals surface area (Å²) in [5.41, 5.74) is 6.21. The van der Waals surface area contributed by atoms with Crippen molar-refractivity contribution in [2.75, 3.05) is 7.11 Å². The molecule has 16 heavy (non-hydrogen) atoms. The highest BCUT2D eigenvalue weighted by atomic mass is 32.1. The molecule has 0 saturated heterocycles. The smallest absolute Gasteiger partial charge is 0.162 e. The lowest BCUT2D eigenvalue weighted by Gasteiger charge is -2.15. The monoisotopic (exact) mass is 239 g/mol. The summed E-state index contributed by atoms with van der Waals surface area (Å²) in [6, 6.07) is -0.214. The third-order valence-electron chi connectivity index (χ3n) is 2.36. The fourth-order valence-corrected chi connectivity index (χ4v) is 2.16. The van der Waals surface area contributed by atoms with E-state index in [1.165, 1.54) is 11.3 Å². The Labute approximate surface area is 97.0 Å². The number of nitrogens with one attached hydrogen (secondary N) is 1. The molecule has 1 atom stereocenters. The maximum Gasteiger partial charge on any atom is 0.162 e. The Kier molecular flexibility index (Phi) is 3.18. The first-order valence-corrected chi connectivity index (χ1v) is 5.62. The van der Waals surface area contributed by atoms with Gasteiger partial charge in [0.2, 0.25) is 0 Å². The van der Waals surface area contributed by atoms with Crippen LogP contribution in [0.5, 0.6) is 5.75 Å². The number of hydrogen-bond acceptors (Lipinski definition) is 6. The maximum atomic E-state index is 5.57. The summed E-state index contributed by atoms with van der Waals surface area (Å²) in [5, 5.41) is 6.08. The second kappa shape index (κ2) is 4.60. The fraction of sp³-hybridized carbons (Fsp3) is 0.333. The van der Waals surface area contributed by atoms with E-state index in [4.69, 9.17) is 10.6 Å². The lowest BCUT2D eigenvalue weighted by molar-refractivity contribution is 0.400. The third kappa shape index (κ3) is 1.80. The highest BCUT2D eigenvalue weighted by Crippen LogP contribution is 2.28. The first-order chi connectivity index (χ1) is 7.77. The lowest BCUT2D eigenvalue weighted by atomic mass is 10.1. The topological polar surface area (TPSA) is 78.0 Å². The summed E-state index contributed by atoms with van der Waals surface area (Å²) < 4.78 is 6.97. The molecule has 0 radical (unpaired) electrons. The molecule has 0 aliphatic carbocycles. The maximum absolute atomic E-state index is 5.57. The SMILES string of the molecule is COc1cnn(C)c1C(NN)c1cscn1. The van der Waals surface area contributed by atoms with Gasteiger partial charge < -0.3 is 4.74 Å². The molecule has 86 valence electrons. The number of aromatic nitrogens is 3. The Morgan fingerprint density at radius 3 is 3.00 bits per heavy atom. The van der Waals surface area contributed by atoms with Crippen LogP contribution in [0.1, 0.15) is 17.4 Å². The van der Waals surface area contributed by atoms with Crippen LogP contribution < -0.4 is 16.0 Å². The van der Waals surface area contributed by atoms with Gasteiger partial charge in [-0.1, -0.05) is 0 Å². The average Bonchev–Trinajstić information content (AvgIpc) is 2.91. The standard InChI is InChI=1S/C9H13N5OS/c1-14-9(7(15-2)3-12-14)8(13-10)6-4-16-5-11-6/h3-5,8,13H,10H2,1-2H3. The van der Waals surface area contributed by atoms with Gasteiger partial charge in [0.25, 0.3) is 0 Å². The number of hydrogen-bond donors (Lipinski definition) is 2. The van der Waals surface area contributed by atoms with Crippen molar-refractivity contribution in [3.8, 4) is 5.75 Å². The normalized spacial score (nSPS) is 12.7. The number of nitrogens with two attached hydrogens (primary N) is 1. The zero-order valence-electron chi connectivity index (χ0n) is 9.04. The molecule has 0 aliphatic heterocycles. The van der Waals surface area contributed by atoms with Gasteiger partial charge in [-0.15, -0.1) is 11.3 Å². The Morgan fingerprint density at radius 2 is 2.44 bits per heavy atom. The fourth-order valence-electron chi connectivity index (χ4n) is 1.58. The zero-order chi connectivity index (χ0) is 11.5. The molecule has 2 heterocycles. The number of hydrazine groups is 1. The predicted octanol–water partition coefficient (Wildman–Crippen LogP) is 0.438. The Balaban J connectivity index is 2.44. The van der Waals surface area contributed by atoms with Crippen molar-refractivity contribution in [1.29, 1.82) is 0 Å². The molecule has 3 N–H and O–H groups in total. The van der Waals surface area contributed by atoms with E-state index in [9.17, 15) is 0 Å². The third-order valence-corrected chi connectivity index (χ3v) is 2.96. The van der Waals surface area contributed by atoms with Crippen molar-refractivity contribution < 1.29 is 4.74 Å². The summed E-state index contributed by atoms with van der Waals surface area (Å²) in [6.45, 7) is 0. The molecular weight excluding hydrogens is 226 g/mol. The van der Waals surface area contributed by atoms with Gasteiger partial charge in [0.05, 0.1) is 24.5 Å². The van der Waals surface area contributed by atoms with Gasteiger partial charge >= 0.3 is 0 Å². The van der Waals surface area contributed by atoms with Crippen molar-refractivity contribution in [2.45, 2.75) is 6.04 Å². The zero-order valence-corrected chi connectivity index (χ0v) is 9.86. The van der Waals surface area contributed by atoms with E-state index in [2.05, 4.69) is 15.5 Å². The van der Waals surface area contributed by atoms with Crippen LogP contribution >= 0.6 is 11.3 Å². The van der Waals surface area contributed by atoms with E-state index in [0.29, 0.717) is 5.75 Å². The van der Waals surface area contributed by atoms with E-state index in [1.807, 2.05) is 12.4 Å². The van der Waals surface area contributed by atoms with E-state index >= 15 is 0 Å². The van der Waals surface area contributed by atoms with Gasteiger partial charge in [-0.2, -0.15) is 5.10 Å². The molecule has 6 nitrogen and oxygen atoms in total. The van der Waals surface area contributed by atoms with Crippen LogP contribution in [0.25, 0.3) is 0 Å². The number of nitrogens with zero attached hydrogens (tertiary/aromatic N) is 3. The molecule has 0 bridgehead atoms. The van der Waals surface area contributed by atoms with Crippen LogP contribution in [0.4, 0.5) is 0 Å². The Bertz CT molecular complexity index is 452. The molecule has 0 fully saturated rings. The number of aryl methyl sites for hydroxylation is 1. The van der Waals surface area contributed by atoms with E-state index in [1.54, 1.807) is 23.5 Å². The van der Waals surface area contributed by atoms with Crippen molar-refractivity contribution in [1.82, 2.24) is 20.2 Å². The summed E-state index contributed by atoms with van der Waals surface area (Å²) >= 11 is 1.52. The van der Waals surface area contributed by atoms with Gasteiger partial charge in [-0.3, -0.25) is 10.5 Å². The molecule has 1 unspecified atom stereocenters. The van der Waals surface area contributed by atoms with Gasteiger partial charge in [-0.05, 0) is 0 Å². The molecular formula is C9H13N5OS. The van der Waals surface area contributed by atoms with Crippen LogP contribution in [0.15, 0.2) is 17.1 Å². The molecule has 0 spiro atoms. The van der Waals surface area contributed by atoms with E-state index < -0.39 is 0 Å². The van der Waals surface area contributed by atoms with Crippen molar-refractivity contribution in [2.24, 2.45) is 12.9 Å². The quantitative estimate of drug-likeness (QED) is 0.598. The second-order valence-corrected chi connectivity index (χ2v) is 3.95. The molecule has 7 heteroatoms. The van der Waals surface area contributed by atoms with Gasteiger partial charge in [0.15, 0.2) is 5.75 Å². The first-order valence-electron chi connectivity index (χ1n) is 4.68. The molecule has 2 aromatic heterocycles. The largest absolute Gasteiger partial charge is 0.493 e. The minimum atomic E-state index is -0.214. The van der Waals surface area contributed by atoms with Crippen LogP contribution in [0.3, 0.4) is 0 Å². The highest BCUT2D eigenvalue weighted by molar-refractivity contribution is 7.07. The number of methoxy groups -OCH3 is 1. The van der Waals surface area contributed by atoms with Gasteiger partial charge in [-0.25, -0.2) is 10.4 Å². The Hall–Kier alpha value is -1.44. The van der Waals surface area contributed by atoms with Crippen LogP contribution in [-0.4, -0.2) is 21.9 Å². The molecule has 0 amide bonds. The second-order valence-electron chi connectivity index (χ2n) is 3.23. The molecule has 0 aliphatic rings. The summed E-state index contributed by atoms with van der Waals surface area (Å²) in [5.74, 6) is 6.26. The minimum absolute atomic E-state index is 0.214. The first kappa shape index (κ1) is 11.1. The predicted molar refractivity (Wildman–Crippen MR) is 61.0 cm³/mol. The van der Waals surface area contributed by atoms with Gasteiger partial charge in [0, 0.05) is 12.4 Å². The lowest BCUT2D eigenvalue weighted by Crippen LogP contribution is -2.30. The summed E-state index contributed by atoms with van der Waals surface area (Å²) in [7, 11) is 3.45. The Morgan fingerprint density at radius 1 is 1.62 bits per heavy atom. The van der Waals surface area contributed by atoms with Crippen LogP contribution in [0, 0.1) is 0 Å². The molecule has 2 aromatic rings. The van der Waals surface area contributed by atoms with E-state index in [-0.39, 0.29) is 6.04 Å². The van der Waals surface area contributed by atoms with Crippen molar-refractivity contribution in [3.63, 3.8) is 0 Å². The highest BCUT2D eigenvalue weighted by Gasteiger charge is 2.22. The molecule has 0 saturated carbocycles. The van der Waals surface area contributed by atoms with Gasteiger partial charge in [0.1, 0.15) is 11.7 Å². The molecule has 0 aromatic carbocycles. The van der Waals surface area contributed by atoms with Crippen molar-refractivity contribution >= 4 is 11.3 Å². The minimum Gasteiger partial charge on any atom is -0.493 e. The number of thiazole rings is 1. The number of ether oxygens (including phenoxy) is 1. The average molecular weight is 239 g/mol. The summed E-state index contributed by atoms with van der Waals surface area (Å²) in [6.07, 6.45) is 1.66. The number of rotatable bonds is 4. The van der Waals surface area contributed by atoms with Crippen LogP contribution in [0.2, 0.25) is 0 Å². The van der Waals surface area contributed by atoms with E-state index in [0.717, 1.165) is 11.4 Å². The van der Waals surface area contributed by atoms with Crippen LogP contribution in [-0.2, 0) is 7.05 Å².